The summed E-state index contributed by atoms with van der Waals surface area (Å²) >= 11 is 0. The monoisotopic (exact) mass is 383 g/mol. The van der Waals surface area contributed by atoms with Crippen LogP contribution in [-0.4, -0.2) is 38.8 Å². The fourth-order valence-electron chi connectivity index (χ4n) is 2.96. The second kappa shape index (κ2) is 8.65. The van der Waals surface area contributed by atoms with Crippen LogP contribution in [0.15, 0.2) is 64.0 Å². The second-order valence-corrected chi connectivity index (χ2v) is 6.94. The van der Waals surface area contributed by atoms with Gasteiger partial charge in [0.15, 0.2) is 5.76 Å². The molecule has 0 bridgehead atoms. The highest BCUT2D eigenvalue weighted by Gasteiger charge is 2.26. The number of carbonyl (C=O) groups is 2. The number of rotatable bonds is 8. The van der Waals surface area contributed by atoms with Crippen LogP contribution in [0.4, 0.5) is 0 Å². The summed E-state index contributed by atoms with van der Waals surface area (Å²) in [5, 5.41) is 0. The fraction of sp³-hybridized carbons (Fsp3) is 0.333. The molecule has 148 valence electrons. The molecule has 2 amide bonds. The van der Waals surface area contributed by atoms with E-state index in [0.29, 0.717) is 18.8 Å². The molecule has 0 aliphatic rings. The first-order valence-electron chi connectivity index (χ1n) is 9.20. The lowest BCUT2D eigenvalue weighted by Crippen LogP contribution is -2.45. The van der Waals surface area contributed by atoms with Gasteiger partial charge in [-0.05, 0) is 50.2 Å². The highest BCUT2D eigenvalue weighted by Crippen LogP contribution is 2.14. The molecular formula is C21H25N3O4. The summed E-state index contributed by atoms with van der Waals surface area (Å²) in [6.45, 7) is 4.47. The highest BCUT2D eigenvalue weighted by atomic mass is 16.3. The number of amides is 2. The Morgan fingerprint density at radius 1 is 1.04 bits per heavy atom. The van der Waals surface area contributed by atoms with Gasteiger partial charge >= 0.3 is 0 Å². The normalized spacial score (nSPS) is 11.0. The van der Waals surface area contributed by atoms with E-state index < -0.39 is 0 Å². The van der Waals surface area contributed by atoms with Crippen molar-refractivity contribution in [1.82, 2.24) is 14.4 Å². The molecule has 3 heterocycles. The molecule has 28 heavy (non-hydrogen) atoms. The summed E-state index contributed by atoms with van der Waals surface area (Å²) in [4.78, 5) is 29.1. The third-order valence-electron chi connectivity index (χ3n) is 4.61. The van der Waals surface area contributed by atoms with Crippen molar-refractivity contribution in [3.63, 3.8) is 0 Å². The molecule has 0 spiro atoms. The van der Waals surface area contributed by atoms with E-state index in [1.165, 1.54) is 11.2 Å². The zero-order valence-corrected chi connectivity index (χ0v) is 16.4. The lowest BCUT2D eigenvalue weighted by atomic mass is 10.2. The zero-order valence-electron chi connectivity index (χ0n) is 16.4. The van der Waals surface area contributed by atoms with Gasteiger partial charge in [-0.2, -0.15) is 0 Å². The number of carbonyl (C=O) groups excluding carboxylic acids is 2. The Balaban J connectivity index is 1.78. The third kappa shape index (κ3) is 4.54. The minimum Gasteiger partial charge on any atom is -0.467 e. The van der Waals surface area contributed by atoms with Crippen LogP contribution in [0.25, 0.3) is 0 Å². The van der Waals surface area contributed by atoms with E-state index >= 15 is 0 Å². The molecular weight excluding hydrogens is 358 g/mol. The van der Waals surface area contributed by atoms with Crippen LogP contribution in [0.3, 0.4) is 0 Å². The molecule has 0 aromatic carbocycles. The van der Waals surface area contributed by atoms with Gasteiger partial charge in [-0.15, -0.1) is 0 Å². The molecule has 0 saturated carbocycles. The summed E-state index contributed by atoms with van der Waals surface area (Å²) in [6.07, 6.45) is 4.97. The van der Waals surface area contributed by atoms with Crippen molar-refractivity contribution in [3.05, 3.63) is 72.3 Å². The number of hydrogen-bond donors (Lipinski definition) is 0. The van der Waals surface area contributed by atoms with E-state index in [2.05, 4.69) is 0 Å². The van der Waals surface area contributed by atoms with Crippen LogP contribution in [-0.2, 0) is 24.9 Å². The van der Waals surface area contributed by atoms with Crippen LogP contribution in [0.2, 0.25) is 0 Å². The smallest absolute Gasteiger partial charge is 0.290 e. The summed E-state index contributed by atoms with van der Waals surface area (Å²) in [5.41, 5.74) is 0.994. The van der Waals surface area contributed by atoms with E-state index in [9.17, 15) is 9.59 Å². The van der Waals surface area contributed by atoms with Crippen molar-refractivity contribution in [2.45, 2.75) is 33.0 Å². The largest absolute Gasteiger partial charge is 0.467 e. The van der Waals surface area contributed by atoms with Crippen LogP contribution in [0.1, 0.15) is 35.9 Å². The maximum atomic E-state index is 13.1. The zero-order chi connectivity index (χ0) is 20.1. The van der Waals surface area contributed by atoms with Crippen molar-refractivity contribution >= 4 is 11.8 Å². The van der Waals surface area contributed by atoms with Gasteiger partial charge in [-0.25, -0.2) is 0 Å². The Kier molecular flexibility index (Phi) is 6.03. The number of nitrogens with zero attached hydrogens (tertiary/aromatic N) is 3. The lowest BCUT2D eigenvalue weighted by Gasteiger charge is -2.29. The Morgan fingerprint density at radius 3 is 2.36 bits per heavy atom. The molecule has 3 aromatic heterocycles. The van der Waals surface area contributed by atoms with E-state index in [0.717, 1.165) is 5.69 Å². The van der Waals surface area contributed by atoms with Crippen LogP contribution >= 0.6 is 0 Å². The van der Waals surface area contributed by atoms with Gasteiger partial charge in [-0.1, -0.05) is 0 Å². The Hall–Kier alpha value is -3.22. The van der Waals surface area contributed by atoms with Gasteiger partial charge in [0.25, 0.3) is 5.91 Å². The van der Waals surface area contributed by atoms with Crippen molar-refractivity contribution in [1.29, 1.82) is 0 Å². The predicted octanol–water partition coefficient (Wildman–Crippen LogP) is 3.29. The van der Waals surface area contributed by atoms with E-state index in [1.807, 2.05) is 49.9 Å². The number of hydrogen-bond acceptors (Lipinski definition) is 4. The third-order valence-corrected chi connectivity index (χ3v) is 4.61. The van der Waals surface area contributed by atoms with Gasteiger partial charge < -0.3 is 23.2 Å². The SMILES string of the molecule is CC(C)N(CC(=O)N(Cc1ccco1)Cc1cccn1C)C(=O)c1ccco1. The summed E-state index contributed by atoms with van der Waals surface area (Å²) in [5.74, 6) is 0.453. The highest BCUT2D eigenvalue weighted by molar-refractivity contribution is 5.94. The summed E-state index contributed by atoms with van der Waals surface area (Å²) in [7, 11) is 1.94. The van der Waals surface area contributed by atoms with Crippen LogP contribution in [0.5, 0.6) is 0 Å². The van der Waals surface area contributed by atoms with Crippen molar-refractivity contribution in [2.75, 3.05) is 6.54 Å². The minimum absolute atomic E-state index is 0.0394. The van der Waals surface area contributed by atoms with Gasteiger partial charge in [0.1, 0.15) is 12.3 Å². The molecule has 0 unspecified atom stereocenters. The van der Waals surface area contributed by atoms with Crippen molar-refractivity contribution < 1.29 is 18.4 Å². The quantitative estimate of drug-likeness (QED) is 0.598. The van der Waals surface area contributed by atoms with Crippen molar-refractivity contribution in [2.24, 2.45) is 7.05 Å². The first kappa shape index (κ1) is 19.5. The number of aryl methyl sites for hydroxylation is 1. The Bertz CT molecular complexity index is 894. The molecule has 0 atom stereocenters. The Morgan fingerprint density at radius 2 is 1.79 bits per heavy atom. The van der Waals surface area contributed by atoms with Gasteiger partial charge in [0.05, 0.1) is 25.6 Å². The number of aromatic nitrogens is 1. The molecule has 7 heteroatoms. The molecule has 0 aliphatic carbocycles. The molecule has 0 saturated heterocycles. The molecule has 7 nitrogen and oxygen atoms in total. The summed E-state index contributed by atoms with van der Waals surface area (Å²) < 4.78 is 12.6. The maximum absolute atomic E-state index is 13.1. The van der Waals surface area contributed by atoms with Crippen LogP contribution < -0.4 is 0 Å². The average Bonchev–Trinajstić information content (AvgIpc) is 3.42. The van der Waals surface area contributed by atoms with Gasteiger partial charge in [-0.3, -0.25) is 9.59 Å². The van der Waals surface area contributed by atoms with Gasteiger partial charge in [0.2, 0.25) is 5.91 Å². The topological polar surface area (TPSA) is 71.8 Å². The molecule has 0 N–H and O–H groups in total. The molecule has 3 rings (SSSR count). The van der Waals surface area contributed by atoms with E-state index in [1.54, 1.807) is 29.4 Å². The summed E-state index contributed by atoms with van der Waals surface area (Å²) in [6, 6.07) is 10.6. The van der Waals surface area contributed by atoms with Crippen LogP contribution in [0, 0.1) is 0 Å². The fourth-order valence-corrected chi connectivity index (χ4v) is 2.96. The first-order chi connectivity index (χ1) is 13.5. The molecule has 0 fully saturated rings. The number of furan rings is 2. The standard InChI is InChI=1S/C21H25N3O4/c1-16(2)24(21(26)19-9-6-12-28-19)15-20(25)23(14-18-8-5-11-27-18)13-17-7-4-10-22(17)3/h4-12,16H,13-15H2,1-3H3. The molecule has 0 radical (unpaired) electrons. The van der Waals surface area contributed by atoms with E-state index in [-0.39, 0.29) is 30.2 Å². The van der Waals surface area contributed by atoms with E-state index in [4.69, 9.17) is 8.83 Å². The average molecular weight is 383 g/mol. The Labute approximate surface area is 164 Å². The van der Waals surface area contributed by atoms with Gasteiger partial charge in [0, 0.05) is 25.0 Å². The predicted molar refractivity (Wildman–Crippen MR) is 103 cm³/mol. The lowest BCUT2D eigenvalue weighted by molar-refractivity contribution is -0.133. The minimum atomic E-state index is -0.301. The van der Waals surface area contributed by atoms with Crippen molar-refractivity contribution in [3.8, 4) is 0 Å². The second-order valence-electron chi connectivity index (χ2n) is 6.94. The molecule has 3 aromatic rings. The first-order valence-corrected chi connectivity index (χ1v) is 9.20. The maximum Gasteiger partial charge on any atom is 0.290 e. The molecule has 0 aliphatic heterocycles.